The number of benzene rings is 1. The number of anilines is 2. The minimum absolute atomic E-state index is 0.282. The Balaban J connectivity index is 2.17. The molecule has 2 aromatic rings. The summed E-state index contributed by atoms with van der Waals surface area (Å²) < 4.78 is 10.9. The van der Waals surface area contributed by atoms with Gasteiger partial charge in [0.1, 0.15) is 5.75 Å². The molecule has 0 amide bonds. The SMILES string of the molecule is CCOc1ccccc1Nc1nnc(C(C)N)o1. The normalized spacial score (nSPS) is 12.2. The van der Waals surface area contributed by atoms with E-state index in [9.17, 15) is 0 Å². The number of para-hydroxylation sites is 2. The summed E-state index contributed by atoms with van der Waals surface area (Å²) in [7, 11) is 0. The zero-order valence-electron chi connectivity index (χ0n) is 10.4. The van der Waals surface area contributed by atoms with E-state index < -0.39 is 0 Å². The zero-order chi connectivity index (χ0) is 13.0. The van der Waals surface area contributed by atoms with E-state index in [0.717, 1.165) is 11.4 Å². The van der Waals surface area contributed by atoms with Crippen LogP contribution in [0.3, 0.4) is 0 Å². The van der Waals surface area contributed by atoms with Crippen molar-refractivity contribution in [3.8, 4) is 5.75 Å². The molecule has 0 bridgehead atoms. The van der Waals surface area contributed by atoms with Crippen LogP contribution in [0.2, 0.25) is 0 Å². The van der Waals surface area contributed by atoms with Gasteiger partial charge >= 0.3 is 6.01 Å². The van der Waals surface area contributed by atoms with Gasteiger partial charge in [0.25, 0.3) is 0 Å². The standard InChI is InChI=1S/C12H16N4O2/c1-3-17-10-7-5-4-6-9(10)14-12-16-15-11(18-12)8(2)13/h4-8H,3,13H2,1-2H3,(H,14,16). The van der Waals surface area contributed by atoms with Crippen LogP contribution in [0.5, 0.6) is 5.75 Å². The Morgan fingerprint density at radius 3 is 2.83 bits per heavy atom. The molecule has 0 fully saturated rings. The van der Waals surface area contributed by atoms with Crippen molar-refractivity contribution in [2.75, 3.05) is 11.9 Å². The van der Waals surface area contributed by atoms with Crippen LogP contribution < -0.4 is 15.8 Å². The summed E-state index contributed by atoms with van der Waals surface area (Å²) >= 11 is 0. The van der Waals surface area contributed by atoms with Crippen LogP contribution in [0.4, 0.5) is 11.7 Å². The lowest BCUT2D eigenvalue weighted by atomic mass is 10.3. The highest BCUT2D eigenvalue weighted by atomic mass is 16.5. The number of ether oxygens (including phenoxy) is 1. The van der Waals surface area contributed by atoms with Crippen LogP contribution in [0.15, 0.2) is 28.7 Å². The summed E-state index contributed by atoms with van der Waals surface area (Å²) in [5.41, 5.74) is 6.43. The van der Waals surface area contributed by atoms with Crippen molar-refractivity contribution >= 4 is 11.7 Å². The van der Waals surface area contributed by atoms with Crippen LogP contribution in [-0.2, 0) is 0 Å². The van der Waals surface area contributed by atoms with Gasteiger partial charge in [-0.25, -0.2) is 0 Å². The maximum atomic E-state index is 5.65. The molecule has 0 spiro atoms. The molecule has 0 aliphatic heterocycles. The van der Waals surface area contributed by atoms with Gasteiger partial charge in [-0.2, -0.15) is 0 Å². The summed E-state index contributed by atoms with van der Waals surface area (Å²) in [6, 6.07) is 7.56. The van der Waals surface area contributed by atoms with Crippen LogP contribution in [-0.4, -0.2) is 16.8 Å². The van der Waals surface area contributed by atoms with Gasteiger partial charge in [0.2, 0.25) is 5.89 Å². The molecule has 6 heteroatoms. The van der Waals surface area contributed by atoms with Crippen molar-refractivity contribution in [2.24, 2.45) is 5.73 Å². The Morgan fingerprint density at radius 2 is 2.17 bits per heavy atom. The van der Waals surface area contributed by atoms with Gasteiger partial charge in [0, 0.05) is 0 Å². The number of hydrogen-bond donors (Lipinski definition) is 2. The molecule has 1 atom stereocenters. The highest BCUT2D eigenvalue weighted by Crippen LogP contribution is 2.27. The fourth-order valence-electron chi connectivity index (χ4n) is 1.44. The average Bonchev–Trinajstić information content (AvgIpc) is 2.81. The largest absolute Gasteiger partial charge is 0.492 e. The molecule has 6 nitrogen and oxygen atoms in total. The number of aromatic nitrogens is 2. The van der Waals surface area contributed by atoms with Gasteiger partial charge in [-0.1, -0.05) is 17.2 Å². The van der Waals surface area contributed by atoms with Crippen LogP contribution in [0.1, 0.15) is 25.8 Å². The minimum Gasteiger partial charge on any atom is -0.492 e. The maximum Gasteiger partial charge on any atom is 0.320 e. The fourth-order valence-corrected chi connectivity index (χ4v) is 1.44. The molecule has 3 N–H and O–H groups in total. The topological polar surface area (TPSA) is 86.2 Å². The van der Waals surface area contributed by atoms with Gasteiger partial charge in [-0.05, 0) is 26.0 Å². The third kappa shape index (κ3) is 2.78. The lowest BCUT2D eigenvalue weighted by Crippen LogP contribution is -2.04. The average molecular weight is 248 g/mol. The first-order valence-electron chi connectivity index (χ1n) is 5.78. The molecule has 1 unspecified atom stereocenters. The molecule has 0 aliphatic carbocycles. The smallest absolute Gasteiger partial charge is 0.320 e. The number of nitrogens with zero attached hydrogens (tertiary/aromatic N) is 2. The van der Waals surface area contributed by atoms with Crippen molar-refractivity contribution < 1.29 is 9.15 Å². The predicted molar refractivity (Wildman–Crippen MR) is 67.8 cm³/mol. The Kier molecular flexibility index (Phi) is 3.78. The van der Waals surface area contributed by atoms with Gasteiger partial charge in [-0.15, -0.1) is 5.10 Å². The molecule has 96 valence electrons. The molecule has 0 radical (unpaired) electrons. The van der Waals surface area contributed by atoms with Crippen molar-refractivity contribution in [1.29, 1.82) is 0 Å². The number of rotatable bonds is 5. The predicted octanol–water partition coefficient (Wildman–Crippen LogP) is 2.23. The first-order valence-corrected chi connectivity index (χ1v) is 5.78. The van der Waals surface area contributed by atoms with Gasteiger partial charge in [-0.3, -0.25) is 0 Å². The maximum absolute atomic E-state index is 5.65. The molecule has 0 saturated heterocycles. The molecule has 0 saturated carbocycles. The summed E-state index contributed by atoms with van der Waals surface area (Å²) in [6.07, 6.45) is 0. The third-order valence-corrected chi connectivity index (χ3v) is 2.26. The molecule has 1 heterocycles. The number of nitrogens with two attached hydrogens (primary N) is 1. The van der Waals surface area contributed by atoms with E-state index in [0.29, 0.717) is 18.5 Å². The molecule has 0 aliphatic rings. The summed E-state index contributed by atoms with van der Waals surface area (Å²) in [5, 5.41) is 10.7. The van der Waals surface area contributed by atoms with E-state index in [-0.39, 0.29) is 6.04 Å². The van der Waals surface area contributed by atoms with Crippen molar-refractivity contribution in [3.63, 3.8) is 0 Å². The van der Waals surface area contributed by atoms with Gasteiger partial charge in [0.05, 0.1) is 18.3 Å². The lowest BCUT2D eigenvalue weighted by molar-refractivity contribution is 0.341. The Hall–Kier alpha value is -2.08. The first kappa shape index (κ1) is 12.4. The monoisotopic (exact) mass is 248 g/mol. The van der Waals surface area contributed by atoms with Crippen molar-refractivity contribution in [2.45, 2.75) is 19.9 Å². The van der Waals surface area contributed by atoms with Crippen LogP contribution in [0.25, 0.3) is 0 Å². The molecular weight excluding hydrogens is 232 g/mol. The number of nitrogens with one attached hydrogen (secondary N) is 1. The Bertz CT molecular complexity index is 510. The second kappa shape index (κ2) is 5.50. The quantitative estimate of drug-likeness (QED) is 0.843. The molecular formula is C12H16N4O2. The molecule has 18 heavy (non-hydrogen) atoms. The van der Waals surface area contributed by atoms with E-state index in [1.807, 2.05) is 31.2 Å². The first-order chi connectivity index (χ1) is 8.70. The van der Waals surface area contributed by atoms with Crippen molar-refractivity contribution in [3.05, 3.63) is 30.2 Å². The van der Waals surface area contributed by atoms with Crippen molar-refractivity contribution in [1.82, 2.24) is 10.2 Å². The van der Waals surface area contributed by atoms with Crippen LogP contribution >= 0.6 is 0 Å². The second-order valence-electron chi connectivity index (χ2n) is 3.79. The summed E-state index contributed by atoms with van der Waals surface area (Å²) in [6.45, 7) is 4.30. The van der Waals surface area contributed by atoms with Gasteiger partial charge in [0.15, 0.2) is 0 Å². The van der Waals surface area contributed by atoms with E-state index in [1.165, 1.54) is 0 Å². The van der Waals surface area contributed by atoms with E-state index in [2.05, 4.69) is 15.5 Å². The van der Waals surface area contributed by atoms with Crippen LogP contribution in [0, 0.1) is 0 Å². The van der Waals surface area contributed by atoms with Gasteiger partial charge < -0.3 is 20.2 Å². The van der Waals surface area contributed by atoms with E-state index in [4.69, 9.17) is 14.9 Å². The highest BCUT2D eigenvalue weighted by Gasteiger charge is 2.11. The lowest BCUT2D eigenvalue weighted by Gasteiger charge is -2.09. The fraction of sp³-hybridized carbons (Fsp3) is 0.333. The highest BCUT2D eigenvalue weighted by molar-refractivity contribution is 5.61. The Morgan fingerprint density at radius 1 is 1.39 bits per heavy atom. The molecule has 1 aromatic carbocycles. The molecule has 1 aromatic heterocycles. The Labute approximate surface area is 105 Å². The second-order valence-corrected chi connectivity index (χ2v) is 3.79. The zero-order valence-corrected chi connectivity index (χ0v) is 10.4. The number of hydrogen-bond acceptors (Lipinski definition) is 6. The summed E-state index contributed by atoms with van der Waals surface area (Å²) in [4.78, 5) is 0. The molecule has 2 rings (SSSR count). The van der Waals surface area contributed by atoms with E-state index in [1.54, 1.807) is 6.92 Å². The summed E-state index contributed by atoms with van der Waals surface area (Å²) in [5.74, 6) is 1.13. The third-order valence-electron chi connectivity index (χ3n) is 2.26. The van der Waals surface area contributed by atoms with E-state index >= 15 is 0 Å². The minimum atomic E-state index is -0.282.